The summed E-state index contributed by atoms with van der Waals surface area (Å²) in [6, 6.07) is 0. The summed E-state index contributed by atoms with van der Waals surface area (Å²) in [6.07, 6.45) is 9.30. The molecule has 1 fully saturated rings. The van der Waals surface area contributed by atoms with Crippen LogP contribution in [0.15, 0.2) is 23.3 Å². The van der Waals surface area contributed by atoms with Crippen molar-refractivity contribution in [1.82, 2.24) is 0 Å². The van der Waals surface area contributed by atoms with Gasteiger partial charge in [0.05, 0.1) is 12.7 Å². The summed E-state index contributed by atoms with van der Waals surface area (Å²) in [5.74, 6) is 1.47. The van der Waals surface area contributed by atoms with E-state index in [1.54, 1.807) is 11.1 Å². The largest absolute Gasteiger partial charge is 0.376 e. The zero-order valence-electron chi connectivity index (χ0n) is 10.6. The first kappa shape index (κ1) is 10.6. The molecule has 0 unspecified atom stereocenters. The van der Waals surface area contributed by atoms with Crippen molar-refractivity contribution in [2.24, 2.45) is 17.3 Å². The van der Waals surface area contributed by atoms with Crippen LogP contribution in [-0.4, -0.2) is 12.7 Å². The average Bonchev–Trinajstić information content (AvgIpc) is 2.66. The molecular formula is C15H22O. The molecule has 0 amide bonds. The molecule has 0 bridgehead atoms. The summed E-state index contributed by atoms with van der Waals surface area (Å²) in [7, 11) is 0. The predicted octanol–water partition coefficient (Wildman–Crippen LogP) is 3.71. The molecule has 0 radical (unpaired) electrons. The number of hydrogen-bond acceptors (Lipinski definition) is 1. The molecule has 1 nitrogen and oxygen atoms in total. The van der Waals surface area contributed by atoms with E-state index in [1.165, 1.54) is 19.3 Å². The maximum atomic E-state index is 6.07. The second-order valence-electron chi connectivity index (χ2n) is 6.39. The molecule has 1 heteroatoms. The molecular weight excluding hydrogens is 196 g/mol. The second kappa shape index (κ2) is 3.46. The Bertz CT molecular complexity index is 362. The van der Waals surface area contributed by atoms with Gasteiger partial charge in [0.1, 0.15) is 0 Å². The van der Waals surface area contributed by atoms with Crippen LogP contribution in [0.25, 0.3) is 0 Å². The van der Waals surface area contributed by atoms with Gasteiger partial charge in [0, 0.05) is 11.3 Å². The first-order valence-corrected chi connectivity index (χ1v) is 6.59. The fourth-order valence-corrected chi connectivity index (χ4v) is 3.81. The topological polar surface area (TPSA) is 9.23 Å². The lowest BCUT2D eigenvalue weighted by Crippen LogP contribution is -2.28. The van der Waals surface area contributed by atoms with Crippen LogP contribution >= 0.6 is 0 Å². The van der Waals surface area contributed by atoms with Gasteiger partial charge < -0.3 is 4.74 Å². The summed E-state index contributed by atoms with van der Waals surface area (Å²) < 4.78 is 6.07. The lowest BCUT2D eigenvalue weighted by Gasteiger charge is -2.26. The summed E-state index contributed by atoms with van der Waals surface area (Å²) >= 11 is 0. The zero-order valence-corrected chi connectivity index (χ0v) is 10.6. The first-order valence-electron chi connectivity index (χ1n) is 6.59. The molecule has 3 rings (SSSR count). The zero-order chi connectivity index (χ0) is 11.3. The van der Waals surface area contributed by atoms with Gasteiger partial charge in [-0.3, -0.25) is 0 Å². The molecule has 0 N–H and O–H groups in total. The van der Waals surface area contributed by atoms with Crippen LogP contribution in [0, 0.1) is 17.3 Å². The van der Waals surface area contributed by atoms with Gasteiger partial charge in [0.15, 0.2) is 0 Å². The number of hydrogen-bond donors (Lipinski definition) is 0. The minimum absolute atomic E-state index is 0.232. The Kier molecular flexibility index (Phi) is 2.29. The van der Waals surface area contributed by atoms with Gasteiger partial charge in [-0.1, -0.05) is 31.6 Å². The standard InChI is InChI=1S/C15H22O/c1-10-5-4-6-11-9-16-14-13(11)12(7-10)8-15(14,2)3/h7-8,11,13-14H,4-6,9H2,1-3H3/b10-7-/t11-,13+,14+/m1/s1. The summed E-state index contributed by atoms with van der Waals surface area (Å²) in [5.41, 5.74) is 3.35. The second-order valence-corrected chi connectivity index (χ2v) is 6.39. The summed E-state index contributed by atoms with van der Waals surface area (Å²) in [6.45, 7) is 7.91. The molecule has 0 aromatic heterocycles. The van der Waals surface area contributed by atoms with Crippen molar-refractivity contribution < 1.29 is 4.74 Å². The van der Waals surface area contributed by atoms with Gasteiger partial charge in [-0.25, -0.2) is 0 Å². The van der Waals surface area contributed by atoms with Crippen molar-refractivity contribution in [3.63, 3.8) is 0 Å². The third-order valence-corrected chi connectivity index (χ3v) is 4.54. The lowest BCUT2D eigenvalue weighted by molar-refractivity contribution is 0.0380. The third-order valence-electron chi connectivity index (χ3n) is 4.54. The highest BCUT2D eigenvalue weighted by molar-refractivity contribution is 5.36. The molecule has 0 aromatic carbocycles. The van der Waals surface area contributed by atoms with Crippen molar-refractivity contribution >= 4 is 0 Å². The van der Waals surface area contributed by atoms with E-state index in [1.807, 2.05) is 0 Å². The Labute approximate surface area is 98.6 Å². The number of ether oxygens (including phenoxy) is 1. The fourth-order valence-electron chi connectivity index (χ4n) is 3.81. The molecule has 1 saturated heterocycles. The molecule has 2 aliphatic carbocycles. The van der Waals surface area contributed by atoms with Crippen LogP contribution in [0.5, 0.6) is 0 Å². The highest BCUT2D eigenvalue weighted by Crippen LogP contribution is 2.51. The predicted molar refractivity (Wildman–Crippen MR) is 66.2 cm³/mol. The van der Waals surface area contributed by atoms with E-state index < -0.39 is 0 Å². The monoisotopic (exact) mass is 218 g/mol. The quantitative estimate of drug-likeness (QED) is 0.602. The fraction of sp³-hybridized carbons (Fsp3) is 0.733. The molecule has 3 aliphatic rings. The van der Waals surface area contributed by atoms with Gasteiger partial charge in [0.2, 0.25) is 0 Å². The first-order chi connectivity index (χ1) is 7.58. The van der Waals surface area contributed by atoms with E-state index >= 15 is 0 Å². The molecule has 88 valence electrons. The van der Waals surface area contributed by atoms with E-state index in [2.05, 4.69) is 32.9 Å². The number of allylic oxidation sites excluding steroid dienone is 2. The smallest absolute Gasteiger partial charge is 0.0732 e. The van der Waals surface area contributed by atoms with Crippen LogP contribution in [0.1, 0.15) is 40.0 Å². The minimum Gasteiger partial charge on any atom is -0.376 e. The maximum absolute atomic E-state index is 6.07. The molecule has 0 aromatic rings. The lowest BCUT2D eigenvalue weighted by atomic mass is 9.79. The summed E-state index contributed by atoms with van der Waals surface area (Å²) in [5, 5.41) is 0. The van der Waals surface area contributed by atoms with Crippen LogP contribution in [0.4, 0.5) is 0 Å². The van der Waals surface area contributed by atoms with E-state index in [4.69, 9.17) is 4.74 Å². The van der Waals surface area contributed by atoms with Gasteiger partial charge in [-0.05, 0) is 37.7 Å². The van der Waals surface area contributed by atoms with Crippen molar-refractivity contribution in [3.05, 3.63) is 23.3 Å². The highest BCUT2D eigenvalue weighted by atomic mass is 16.5. The average molecular weight is 218 g/mol. The van der Waals surface area contributed by atoms with Gasteiger partial charge >= 0.3 is 0 Å². The van der Waals surface area contributed by atoms with E-state index in [0.717, 1.165) is 12.5 Å². The Morgan fingerprint density at radius 2 is 2.19 bits per heavy atom. The van der Waals surface area contributed by atoms with E-state index in [0.29, 0.717) is 12.0 Å². The molecule has 1 aliphatic heterocycles. The molecule has 0 spiro atoms. The van der Waals surface area contributed by atoms with Crippen LogP contribution < -0.4 is 0 Å². The van der Waals surface area contributed by atoms with Crippen molar-refractivity contribution in [2.45, 2.75) is 46.1 Å². The van der Waals surface area contributed by atoms with Crippen LogP contribution in [0.2, 0.25) is 0 Å². The highest BCUT2D eigenvalue weighted by Gasteiger charge is 2.50. The Hall–Kier alpha value is -0.560. The van der Waals surface area contributed by atoms with Crippen molar-refractivity contribution in [2.75, 3.05) is 6.61 Å². The van der Waals surface area contributed by atoms with Gasteiger partial charge in [-0.15, -0.1) is 0 Å². The third kappa shape index (κ3) is 1.48. The normalized spacial score (nSPS) is 44.1. The van der Waals surface area contributed by atoms with Gasteiger partial charge in [-0.2, -0.15) is 0 Å². The summed E-state index contributed by atoms with van der Waals surface area (Å²) in [4.78, 5) is 0. The molecule has 3 atom stereocenters. The number of rotatable bonds is 0. The molecule has 0 saturated carbocycles. The Balaban J connectivity index is 2.02. The van der Waals surface area contributed by atoms with Crippen LogP contribution in [0.3, 0.4) is 0 Å². The molecule has 1 heterocycles. The van der Waals surface area contributed by atoms with E-state index in [-0.39, 0.29) is 5.41 Å². The minimum atomic E-state index is 0.232. The maximum Gasteiger partial charge on any atom is 0.0732 e. The Morgan fingerprint density at radius 1 is 1.38 bits per heavy atom. The van der Waals surface area contributed by atoms with Crippen molar-refractivity contribution in [3.8, 4) is 0 Å². The van der Waals surface area contributed by atoms with E-state index in [9.17, 15) is 0 Å². The van der Waals surface area contributed by atoms with Crippen molar-refractivity contribution in [1.29, 1.82) is 0 Å². The SMILES string of the molecule is C/C1=C/C2=CC(C)(C)[C@H]3OC[C@@H](CCC1)[C@@H]23. The van der Waals surface area contributed by atoms with Gasteiger partial charge in [0.25, 0.3) is 0 Å². The Morgan fingerprint density at radius 3 is 3.00 bits per heavy atom. The molecule has 16 heavy (non-hydrogen) atoms. The van der Waals surface area contributed by atoms with Crippen LogP contribution in [-0.2, 0) is 4.74 Å².